The standard InChI is InChI=1S/C14H16N4OS/c1-3-18-8-7-13(17-18)16-14(20)15-12-6-4-5-11(9-12)10(2)19/h4-9H,3H2,1-2H3,(H2,15,16,17,20). The lowest BCUT2D eigenvalue weighted by Gasteiger charge is -2.09. The van der Waals surface area contributed by atoms with Gasteiger partial charge in [-0.2, -0.15) is 5.10 Å². The highest BCUT2D eigenvalue weighted by molar-refractivity contribution is 7.80. The fraction of sp³-hybridized carbons (Fsp3) is 0.214. The molecule has 2 N–H and O–H groups in total. The maximum absolute atomic E-state index is 11.3. The van der Waals surface area contributed by atoms with E-state index in [0.29, 0.717) is 16.5 Å². The predicted octanol–water partition coefficient (Wildman–Crippen LogP) is 2.91. The highest BCUT2D eigenvalue weighted by Crippen LogP contribution is 2.12. The molecule has 6 heteroatoms. The third kappa shape index (κ3) is 3.64. The molecule has 0 amide bonds. The zero-order valence-electron chi connectivity index (χ0n) is 11.4. The molecule has 0 atom stereocenters. The van der Waals surface area contributed by atoms with Gasteiger partial charge in [0.05, 0.1) is 0 Å². The number of hydrogen-bond donors (Lipinski definition) is 2. The summed E-state index contributed by atoms with van der Waals surface area (Å²) in [4.78, 5) is 11.3. The van der Waals surface area contributed by atoms with Gasteiger partial charge >= 0.3 is 0 Å². The average Bonchev–Trinajstić information content (AvgIpc) is 2.86. The Balaban J connectivity index is 2.00. The summed E-state index contributed by atoms with van der Waals surface area (Å²) < 4.78 is 1.81. The van der Waals surface area contributed by atoms with Crippen LogP contribution in [0, 0.1) is 0 Å². The highest BCUT2D eigenvalue weighted by Gasteiger charge is 2.04. The first-order valence-electron chi connectivity index (χ1n) is 6.31. The van der Waals surface area contributed by atoms with E-state index >= 15 is 0 Å². The first-order valence-corrected chi connectivity index (χ1v) is 6.72. The lowest BCUT2D eigenvalue weighted by Crippen LogP contribution is -2.19. The van der Waals surface area contributed by atoms with E-state index in [4.69, 9.17) is 12.2 Å². The molecule has 0 aliphatic carbocycles. The number of Topliss-reactive ketones (excluding diaryl/α,β-unsaturated/α-hetero) is 1. The molecule has 0 radical (unpaired) electrons. The minimum atomic E-state index is 0.0224. The molecule has 0 bridgehead atoms. The van der Waals surface area contributed by atoms with Crippen LogP contribution in [0.2, 0.25) is 0 Å². The van der Waals surface area contributed by atoms with Gasteiger partial charge < -0.3 is 10.6 Å². The minimum absolute atomic E-state index is 0.0224. The van der Waals surface area contributed by atoms with Gasteiger partial charge in [-0.1, -0.05) is 12.1 Å². The van der Waals surface area contributed by atoms with Gasteiger partial charge in [0.15, 0.2) is 16.7 Å². The van der Waals surface area contributed by atoms with E-state index in [2.05, 4.69) is 15.7 Å². The average molecular weight is 288 g/mol. The van der Waals surface area contributed by atoms with Crippen LogP contribution in [0.3, 0.4) is 0 Å². The quantitative estimate of drug-likeness (QED) is 0.669. The van der Waals surface area contributed by atoms with E-state index in [1.54, 1.807) is 16.8 Å². The summed E-state index contributed by atoms with van der Waals surface area (Å²) in [6, 6.07) is 9.05. The van der Waals surface area contributed by atoms with Crippen LogP contribution in [0.4, 0.5) is 11.5 Å². The van der Waals surface area contributed by atoms with E-state index in [1.165, 1.54) is 6.92 Å². The van der Waals surface area contributed by atoms with Gasteiger partial charge in [-0.05, 0) is 38.2 Å². The molecule has 0 saturated heterocycles. The van der Waals surface area contributed by atoms with Gasteiger partial charge in [0.2, 0.25) is 0 Å². The Labute approximate surface area is 123 Å². The Morgan fingerprint density at radius 2 is 2.15 bits per heavy atom. The smallest absolute Gasteiger partial charge is 0.176 e. The summed E-state index contributed by atoms with van der Waals surface area (Å²) in [6.07, 6.45) is 1.88. The molecule has 2 aromatic rings. The molecule has 0 unspecified atom stereocenters. The third-order valence-corrected chi connectivity index (χ3v) is 2.94. The van der Waals surface area contributed by atoms with E-state index in [9.17, 15) is 4.79 Å². The number of carbonyl (C=O) groups excluding carboxylic acids is 1. The minimum Gasteiger partial charge on any atom is -0.332 e. The van der Waals surface area contributed by atoms with E-state index in [-0.39, 0.29) is 5.78 Å². The number of nitrogens with one attached hydrogen (secondary N) is 2. The molecule has 0 fully saturated rings. The number of aryl methyl sites for hydroxylation is 1. The summed E-state index contributed by atoms with van der Waals surface area (Å²) in [5, 5.41) is 10.7. The number of nitrogens with zero attached hydrogens (tertiary/aromatic N) is 2. The second kappa shape index (κ2) is 6.29. The maximum atomic E-state index is 11.3. The predicted molar refractivity (Wildman–Crippen MR) is 84.2 cm³/mol. The monoisotopic (exact) mass is 288 g/mol. The number of rotatable bonds is 4. The highest BCUT2D eigenvalue weighted by atomic mass is 32.1. The van der Waals surface area contributed by atoms with Crippen molar-refractivity contribution in [3.05, 3.63) is 42.1 Å². The summed E-state index contributed by atoms with van der Waals surface area (Å²) in [5.74, 6) is 0.710. The molecule has 2 rings (SSSR count). The van der Waals surface area contributed by atoms with Crippen LogP contribution in [0.15, 0.2) is 36.5 Å². The van der Waals surface area contributed by atoms with Crippen molar-refractivity contribution < 1.29 is 4.79 Å². The van der Waals surface area contributed by atoms with Gasteiger partial charge in [-0.3, -0.25) is 9.48 Å². The molecule has 0 saturated carbocycles. The number of carbonyl (C=O) groups is 1. The van der Waals surface area contributed by atoms with Crippen molar-refractivity contribution in [2.75, 3.05) is 10.6 Å². The Hall–Kier alpha value is -2.21. The van der Waals surface area contributed by atoms with Gasteiger partial charge in [-0.15, -0.1) is 0 Å². The number of thiocarbonyl (C=S) groups is 1. The van der Waals surface area contributed by atoms with Gasteiger partial charge in [0, 0.05) is 30.1 Å². The number of ketones is 1. The molecule has 0 aliphatic heterocycles. The molecule has 1 heterocycles. The van der Waals surface area contributed by atoms with Crippen molar-refractivity contribution in [2.45, 2.75) is 20.4 Å². The first-order chi connectivity index (χ1) is 9.58. The summed E-state index contributed by atoms with van der Waals surface area (Å²) >= 11 is 5.22. The van der Waals surface area contributed by atoms with Crippen LogP contribution in [0.5, 0.6) is 0 Å². The Morgan fingerprint density at radius 1 is 1.35 bits per heavy atom. The fourth-order valence-corrected chi connectivity index (χ4v) is 1.92. The van der Waals surface area contributed by atoms with Crippen molar-refractivity contribution in [3.63, 3.8) is 0 Å². The van der Waals surface area contributed by atoms with Crippen LogP contribution < -0.4 is 10.6 Å². The van der Waals surface area contributed by atoms with Crippen molar-refractivity contribution >= 4 is 34.6 Å². The molecule has 0 aliphatic rings. The zero-order chi connectivity index (χ0) is 14.5. The zero-order valence-corrected chi connectivity index (χ0v) is 12.2. The van der Waals surface area contributed by atoms with Crippen LogP contribution in [0.1, 0.15) is 24.2 Å². The maximum Gasteiger partial charge on any atom is 0.176 e. The van der Waals surface area contributed by atoms with Crippen molar-refractivity contribution in [1.82, 2.24) is 9.78 Å². The van der Waals surface area contributed by atoms with Crippen molar-refractivity contribution in [3.8, 4) is 0 Å². The molecule has 0 spiro atoms. The lowest BCUT2D eigenvalue weighted by molar-refractivity contribution is 0.101. The molecule has 104 valence electrons. The van der Waals surface area contributed by atoms with E-state index < -0.39 is 0 Å². The van der Waals surface area contributed by atoms with Crippen molar-refractivity contribution in [1.29, 1.82) is 0 Å². The van der Waals surface area contributed by atoms with Gasteiger partial charge in [0.1, 0.15) is 0 Å². The number of aromatic nitrogens is 2. The fourth-order valence-electron chi connectivity index (χ4n) is 1.70. The summed E-state index contributed by atoms with van der Waals surface area (Å²) in [5.41, 5.74) is 1.41. The largest absolute Gasteiger partial charge is 0.332 e. The van der Waals surface area contributed by atoms with Crippen LogP contribution in [-0.4, -0.2) is 20.7 Å². The number of anilines is 2. The summed E-state index contributed by atoms with van der Waals surface area (Å²) in [7, 11) is 0. The normalized spacial score (nSPS) is 10.1. The second-order valence-corrected chi connectivity index (χ2v) is 4.68. The summed E-state index contributed by atoms with van der Waals surface area (Å²) in [6.45, 7) is 4.36. The number of hydrogen-bond acceptors (Lipinski definition) is 3. The van der Waals surface area contributed by atoms with E-state index in [1.807, 2.05) is 31.3 Å². The molecule has 1 aromatic carbocycles. The Bertz CT molecular complexity index is 636. The van der Waals surface area contributed by atoms with Gasteiger partial charge in [-0.25, -0.2) is 0 Å². The molecular weight excluding hydrogens is 272 g/mol. The molecule has 5 nitrogen and oxygen atoms in total. The van der Waals surface area contributed by atoms with Crippen LogP contribution >= 0.6 is 12.2 Å². The third-order valence-electron chi connectivity index (χ3n) is 2.73. The topological polar surface area (TPSA) is 59.0 Å². The van der Waals surface area contributed by atoms with Crippen LogP contribution in [0.25, 0.3) is 0 Å². The molecule has 1 aromatic heterocycles. The number of benzene rings is 1. The second-order valence-electron chi connectivity index (χ2n) is 4.27. The van der Waals surface area contributed by atoms with Crippen molar-refractivity contribution in [2.24, 2.45) is 0 Å². The Kier molecular flexibility index (Phi) is 4.47. The molecular formula is C14H16N4OS. The Morgan fingerprint density at radius 3 is 2.80 bits per heavy atom. The lowest BCUT2D eigenvalue weighted by atomic mass is 10.1. The van der Waals surface area contributed by atoms with Gasteiger partial charge in [0.25, 0.3) is 0 Å². The SMILES string of the molecule is CCn1ccc(NC(=S)Nc2cccc(C(C)=O)c2)n1. The molecule has 20 heavy (non-hydrogen) atoms. The van der Waals surface area contributed by atoms with Crippen LogP contribution in [-0.2, 0) is 6.54 Å². The first kappa shape index (κ1) is 14.2. The van der Waals surface area contributed by atoms with E-state index in [0.717, 1.165) is 12.2 Å².